The van der Waals surface area contributed by atoms with Gasteiger partial charge in [-0.15, -0.1) is 0 Å². The Morgan fingerprint density at radius 1 is 1.35 bits per heavy atom. The number of hydrogen-bond acceptors (Lipinski definition) is 3. The molecule has 0 saturated carbocycles. The fraction of sp³-hybridized carbons (Fsp3) is 1.00. The van der Waals surface area contributed by atoms with E-state index in [0.717, 1.165) is 12.8 Å². The monoisotopic (exact) mass is 263 g/mol. The van der Waals surface area contributed by atoms with Crippen LogP contribution in [0, 0.1) is 11.8 Å². The fourth-order valence-electron chi connectivity index (χ4n) is 2.25. The summed E-state index contributed by atoms with van der Waals surface area (Å²) in [5, 5.41) is 0. The highest BCUT2D eigenvalue weighted by Crippen LogP contribution is 2.22. The van der Waals surface area contributed by atoms with Crippen molar-refractivity contribution in [1.82, 2.24) is 9.03 Å². The first-order chi connectivity index (χ1) is 7.85. The third-order valence-corrected chi connectivity index (χ3v) is 4.74. The van der Waals surface area contributed by atoms with Crippen LogP contribution >= 0.6 is 0 Å². The van der Waals surface area contributed by atoms with Gasteiger partial charge in [-0.05, 0) is 24.7 Å². The van der Waals surface area contributed by atoms with E-state index in [1.54, 1.807) is 4.31 Å². The highest BCUT2D eigenvalue weighted by atomic mass is 32.2. The van der Waals surface area contributed by atoms with E-state index < -0.39 is 10.2 Å². The van der Waals surface area contributed by atoms with Crippen molar-refractivity contribution in [3.8, 4) is 0 Å². The van der Waals surface area contributed by atoms with E-state index in [2.05, 4.69) is 18.6 Å². The van der Waals surface area contributed by atoms with Gasteiger partial charge in [0.05, 0.1) is 0 Å². The fourth-order valence-corrected chi connectivity index (χ4v) is 3.76. The molecular formula is C11H25N3O2S. The smallest absolute Gasteiger partial charge is 0.279 e. The molecule has 1 rings (SSSR count). The lowest BCUT2D eigenvalue weighted by molar-refractivity contribution is 0.220. The predicted molar refractivity (Wildman–Crippen MR) is 69.7 cm³/mol. The molecule has 3 unspecified atom stereocenters. The van der Waals surface area contributed by atoms with Crippen LogP contribution in [0.1, 0.15) is 33.6 Å². The Hall–Kier alpha value is -0.170. The van der Waals surface area contributed by atoms with Crippen LogP contribution in [0.4, 0.5) is 0 Å². The van der Waals surface area contributed by atoms with Gasteiger partial charge in [-0.25, -0.2) is 4.72 Å². The maximum Gasteiger partial charge on any atom is 0.279 e. The highest BCUT2D eigenvalue weighted by Gasteiger charge is 2.30. The number of nitrogens with one attached hydrogen (secondary N) is 1. The normalized spacial score (nSPS) is 29.2. The maximum atomic E-state index is 12.1. The van der Waals surface area contributed by atoms with Crippen LogP contribution in [0.25, 0.3) is 0 Å². The van der Waals surface area contributed by atoms with Gasteiger partial charge in [-0.3, -0.25) is 0 Å². The standard InChI is InChI=1S/C11H25N3O2S/c1-4-11(12)6-13-17(15,16)14-7-9(2)5-10(3)8-14/h9-11,13H,4-8,12H2,1-3H3. The van der Waals surface area contributed by atoms with Crippen LogP contribution in [0.2, 0.25) is 0 Å². The van der Waals surface area contributed by atoms with Crippen LogP contribution in [-0.2, 0) is 10.2 Å². The van der Waals surface area contributed by atoms with E-state index >= 15 is 0 Å². The molecule has 0 bridgehead atoms. The second kappa shape index (κ2) is 6.13. The topological polar surface area (TPSA) is 75.4 Å². The molecule has 1 aliphatic heterocycles. The molecule has 0 radical (unpaired) electrons. The molecule has 1 aliphatic rings. The lowest BCUT2D eigenvalue weighted by Gasteiger charge is -2.34. The van der Waals surface area contributed by atoms with E-state index in [0.29, 0.717) is 31.5 Å². The summed E-state index contributed by atoms with van der Waals surface area (Å²) in [5.41, 5.74) is 5.72. The zero-order valence-electron chi connectivity index (χ0n) is 11.0. The lowest BCUT2D eigenvalue weighted by atomic mass is 9.94. The molecule has 0 aromatic heterocycles. The van der Waals surface area contributed by atoms with Gasteiger partial charge < -0.3 is 5.73 Å². The first-order valence-electron chi connectivity index (χ1n) is 6.35. The van der Waals surface area contributed by atoms with Gasteiger partial charge in [0.1, 0.15) is 0 Å². The van der Waals surface area contributed by atoms with Gasteiger partial charge >= 0.3 is 0 Å². The van der Waals surface area contributed by atoms with Gasteiger partial charge in [0, 0.05) is 25.7 Å². The quantitative estimate of drug-likeness (QED) is 0.760. The van der Waals surface area contributed by atoms with Crippen LogP contribution in [0.3, 0.4) is 0 Å². The Balaban J connectivity index is 2.57. The second-order valence-electron chi connectivity index (χ2n) is 5.28. The van der Waals surface area contributed by atoms with E-state index in [9.17, 15) is 8.42 Å². The molecule has 5 nitrogen and oxygen atoms in total. The second-order valence-corrected chi connectivity index (χ2v) is 7.04. The largest absolute Gasteiger partial charge is 0.327 e. The molecule has 1 fully saturated rings. The molecule has 0 aromatic rings. The first-order valence-corrected chi connectivity index (χ1v) is 7.79. The van der Waals surface area contributed by atoms with Crippen molar-refractivity contribution in [1.29, 1.82) is 0 Å². The number of nitrogens with zero attached hydrogens (tertiary/aromatic N) is 1. The van der Waals surface area contributed by atoms with E-state index in [1.807, 2.05) is 6.92 Å². The molecule has 0 aliphatic carbocycles. The van der Waals surface area contributed by atoms with Crippen molar-refractivity contribution in [2.24, 2.45) is 17.6 Å². The maximum absolute atomic E-state index is 12.1. The molecule has 0 amide bonds. The number of rotatable bonds is 5. The Morgan fingerprint density at radius 3 is 2.35 bits per heavy atom. The molecule has 1 saturated heterocycles. The minimum absolute atomic E-state index is 0.107. The zero-order valence-corrected chi connectivity index (χ0v) is 11.8. The minimum Gasteiger partial charge on any atom is -0.327 e. The van der Waals surface area contributed by atoms with Crippen LogP contribution in [0.5, 0.6) is 0 Å². The van der Waals surface area contributed by atoms with Crippen molar-refractivity contribution in [2.75, 3.05) is 19.6 Å². The third-order valence-electron chi connectivity index (χ3n) is 3.23. The zero-order chi connectivity index (χ0) is 13.1. The Kier molecular flexibility index (Phi) is 5.37. The molecule has 0 spiro atoms. The van der Waals surface area contributed by atoms with Gasteiger partial charge in [-0.1, -0.05) is 20.8 Å². The highest BCUT2D eigenvalue weighted by molar-refractivity contribution is 7.87. The molecular weight excluding hydrogens is 238 g/mol. The lowest BCUT2D eigenvalue weighted by Crippen LogP contribution is -2.50. The van der Waals surface area contributed by atoms with Gasteiger partial charge in [-0.2, -0.15) is 12.7 Å². The summed E-state index contributed by atoms with van der Waals surface area (Å²) in [6.45, 7) is 7.68. The molecule has 17 heavy (non-hydrogen) atoms. The van der Waals surface area contributed by atoms with Crippen LogP contribution in [0.15, 0.2) is 0 Å². The third kappa shape index (κ3) is 4.54. The Bertz CT molecular complexity index is 322. The molecule has 6 heteroatoms. The summed E-state index contributed by atoms with van der Waals surface area (Å²) in [6, 6.07) is -0.107. The average molecular weight is 263 g/mol. The Labute approximate surface area is 105 Å². The first kappa shape index (κ1) is 14.9. The van der Waals surface area contributed by atoms with Crippen molar-refractivity contribution < 1.29 is 8.42 Å². The van der Waals surface area contributed by atoms with E-state index in [4.69, 9.17) is 5.73 Å². The summed E-state index contributed by atoms with van der Waals surface area (Å²) < 4.78 is 28.3. The van der Waals surface area contributed by atoms with Crippen molar-refractivity contribution >= 4 is 10.2 Å². The Morgan fingerprint density at radius 2 is 1.88 bits per heavy atom. The summed E-state index contributed by atoms with van der Waals surface area (Å²) in [4.78, 5) is 0. The van der Waals surface area contributed by atoms with E-state index in [1.165, 1.54) is 0 Å². The summed E-state index contributed by atoms with van der Waals surface area (Å²) >= 11 is 0. The average Bonchev–Trinajstić information content (AvgIpc) is 2.24. The van der Waals surface area contributed by atoms with Gasteiger partial charge in [0.15, 0.2) is 0 Å². The number of nitrogens with two attached hydrogens (primary N) is 1. The minimum atomic E-state index is -3.35. The van der Waals surface area contributed by atoms with Crippen molar-refractivity contribution in [3.05, 3.63) is 0 Å². The molecule has 0 aromatic carbocycles. The van der Waals surface area contributed by atoms with Crippen LogP contribution in [-0.4, -0.2) is 38.4 Å². The van der Waals surface area contributed by atoms with Gasteiger partial charge in [0.2, 0.25) is 0 Å². The van der Waals surface area contributed by atoms with Gasteiger partial charge in [0.25, 0.3) is 10.2 Å². The van der Waals surface area contributed by atoms with Crippen molar-refractivity contribution in [2.45, 2.75) is 39.7 Å². The SMILES string of the molecule is CCC(N)CNS(=O)(=O)N1CC(C)CC(C)C1. The number of piperidine rings is 1. The predicted octanol–water partition coefficient (Wildman–Crippen LogP) is 0.536. The van der Waals surface area contributed by atoms with E-state index in [-0.39, 0.29) is 6.04 Å². The van der Waals surface area contributed by atoms with Crippen LogP contribution < -0.4 is 10.5 Å². The molecule has 3 atom stereocenters. The number of hydrogen-bond donors (Lipinski definition) is 2. The summed E-state index contributed by atoms with van der Waals surface area (Å²) in [6.07, 6.45) is 1.87. The summed E-state index contributed by atoms with van der Waals surface area (Å²) in [7, 11) is -3.35. The molecule has 3 N–H and O–H groups in total. The summed E-state index contributed by atoms with van der Waals surface area (Å²) in [5.74, 6) is 0.852. The molecule has 102 valence electrons. The molecule has 1 heterocycles. The van der Waals surface area contributed by atoms with Crippen molar-refractivity contribution in [3.63, 3.8) is 0 Å².